The van der Waals surface area contributed by atoms with E-state index in [0.29, 0.717) is 31.4 Å². The van der Waals surface area contributed by atoms with Crippen LogP contribution >= 0.6 is 0 Å². The molecule has 0 heterocycles. The first-order chi connectivity index (χ1) is 11.4. The molecule has 0 spiro atoms. The SMILES string of the molecule is CO[C@@H]1C[C@H](C(=O)NCc2cccc(C(=O)N(C)C)c2)CC[C@@H]1O. The van der Waals surface area contributed by atoms with Gasteiger partial charge in [-0.25, -0.2) is 0 Å². The summed E-state index contributed by atoms with van der Waals surface area (Å²) in [4.78, 5) is 25.8. The number of carbonyl (C=O) groups excluding carboxylic acids is 2. The number of benzene rings is 1. The van der Waals surface area contributed by atoms with E-state index in [1.165, 1.54) is 4.90 Å². The van der Waals surface area contributed by atoms with Gasteiger partial charge in [-0.15, -0.1) is 0 Å². The molecule has 2 rings (SSSR count). The zero-order valence-electron chi connectivity index (χ0n) is 14.5. The molecule has 0 unspecified atom stereocenters. The number of rotatable bonds is 5. The minimum atomic E-state index is -0.493. The fraction of sp³-hybridized carbons (Fsp3) is 0.556. The van der Waals surface area contributed by atoms with Crippen molar-refractivity contribution < 1.29 is 19.4 Å². The van der Waals surface area contributed by atoms with Crippen LogP contribution in [0.5, 0.6) is 0 Å². The monoisotopic (exact) mass is 334 g/mol. The van der Waals surface area contributed by atoms with Gasteiger partial charge >= 0.3 is 0 Å². The summed E-state index contributed by atoms with van der Waals surface area (Å²) < 4.78 is 5.24. The summed E-state index contributed by atoms with van der Waals surface area (Å²) in [6.07, 6.45) is 0.987. The Morgan fingerprint density at radius 3 is 2.75 bits per heavy atom. The van der Waals surface area contributed by atoms with Gasteiger partial charge in [-0.05, 0) is 37.0 Å². The molecule has 1 aromatic rings. The first-order valence-electron chi connectivity index (χ1n) is 8.21. The third kappa shape index (κ3) is 4.55. The molecule has 0 saturated heterocycles. The lowest BCUT2D eigenvalue weighted by atomic mass is 9.84. The summed E-state index contributed by atoms with van der Waals surface area (Å²) in [5.74, 6) is -0.245. The number of ether oxygens (including phenoxy) is 1. The van der Waals surface area contributed by atoms with Crippen molar-refractivity contribution in [2.24, 2.45) is 5.92 Å². The lowest BCUT2D eigenvalue weighted by Gasteiger charge is -2.31. The molecule has 6 heteroatoms. The largest absolute Gasteiger partial charge is 0.390 e. The number of carbonyl (C=O) groups is 2. The van der Waals surface area contributed by atoms with E-state index in [1.54, 1.807) is 33.3 Å². The highest BCUT2D eigenvalue weighted by atomic mass is 16.5. The molecule has 0 bridgehead atoms. The topological polar surface area (TPSA) is 78.9 Å². The Hall–Kier alpha value is -1.92. The second-order valence-corrected chi connectivity index (χ2v) is 6.47. The van der Waals surface area contributed by atoms with Crippen LogP contribution in [0.15, 0.2) is 24.3 Å². The molecule has 6 nitrogen and oxygen atoms in total. The average molecular weight is 334 g/mol. The van der Waals surface area contributed by atoms with E-state index >= 15 is 0 Å². The molecule has 0 radical (unpaired) electrons. The Bertz CT molecular complexity index is 588. The van der Waals surface area contributed by atoms with Crippen molar-refractivity contribution in [1.82, 2.24) is 10.2 Å². The number of hydrogen-bond acceptors (Lipinski definition) is 4. The number of hydrogen-bond donors (Lipinski definition) is 2. The van der Waals surface area contributed by atoms with Gasteiger partial charge in [-0.2, -0.15) is 0 Å². The summed E-state index contributed by atoms with van der Waals surface area (Å²) in [5.41, 5.74) is 1.49. The normalized spacial score (nSPS) is 23.6. The van der Waals surface area contributed by atoms with Crippen LogP contribution in [-0.4, -0.2) is 55.2 Å². The predicted molar refractivity (Wildman–Crippen MR) is 90.5 cm³/mol. The van der Waals surface area contributed by atoms with Crippen molar-refractivity contribution in [3.05, 3.63) is 35.4 Å². The van der Waals surface area contributed by atoms with E-state index < -0.39 is 6.10 Å². The molecule has 0 aliphatic heterocycles. The van der Waals surface area contributed by atoms with E-state index in [-0.39, 0.29) is 23.8 Å². The molecule has 24 heavy (non-hydrogen) atoms. The van der Waals surface area contributed by atoms with Gasteiger partial charge in [0, 0.05) is 39.2 Å². The van der Waals surface area contributed by atoms with Crippen LogP contribution in [0.25, 0.3) is 0 Å². The van der Waals surface area contributed by atoms with Crippen LogP contribution in [-0.2, 0) is 16.1 Å². The highest BCUT2D eigenvalue weighted by molar-refractivity contribution is 5.94. The summed E-state index contributed by atoms with van der Waals surface area (Å²) >= 11 is 0. The van der Waals surface area contributed by atoms with Gasteiger partial charge < -0.3 is 20.1 Å². The fourth-order valence-corrected chi connectivity index (χ4v) is 3.01. The maximum absolute atomic E-state index is 12.3. The van der Waals surface area contributed by atoms with Gasteiger partial charge in [0.25, 0.3) is 5.91 Å². The summed E-state index contributed by atoms with van der Waals surface area (Å²) in [5, 5.41) is 12.7. The van der Waals surface area contributed by atoms with Crippen molar-refractivity contribution in [2.75, 3.05) is 21.2 Å². The first kappa shape index (κ1) is 18.4. The number of aliphatic hydroxyl groups excluding tert-OH is 1. The predicted octanol–water partition coefficient (Wildman–Crippen LogP) is 1.18. The average Bonchev–Trinajstić information content (AvgIpc) is 2.59. The van der Waals surface area contributed by atoms with Gasteiger partial charge in [0.05, 0.1) is 12.2 Å². The van der Waals surface area contributed by atoms with Gasteiger partial charge in [-0.3, -0.25) is 9.59 Å². The quantitative estimate of drug-likeness (QED) is 0.847. The van der Waals surface area contributed by atoms with Gasteiger partial charge in [-0.1, -0.05) is 12.1 Å². The van der Waals surface area contributed by atoms with Crippen LogP contribution in [0.2, 0.25) is 0 Å². The van der Waals surface area contributed by atoms with Gasteiger partial charge in [0.2, 0.25) is 5.91 Å². The third-order valence-electron chi connectivity index (χ3n) is 4.48. The zero-order chi connectivity index (χ0) is 17.7. The van der Waals surface area contributed by atoms with E-state index in [9.17, 15) is 14.7 Å². The van der Waals surface area contributed by atoms with E-state index in [2.05, 4.69) is 5.32 Å². The van der Waals surface area contributed by atoms with Crippen LogP contribution in [0.4, 0.5) is 0 Å². The van der Waals surface area contributed by atoms with Crippen LogP contribution in [0.3, 0.4) is 0 Å². The molecule has 1 aromatic carbocycles. The maximum atomic E-state index is 12.3. The third-order valence-corrected chi connectivity index (χ3v) is 4.48. The second kappa shape index (κ2) is 8.26. The van der Waals surface area contributed by atoms with Crippen molar-refractivity contribution in [3.63, 3.8) is 0 Å². The number of aliphatic hydroxyl groups is 1. The zero-order valence-corrected chi connectivity index (χ0v) is 14.5. The van der Waals surface area contributed by atoms with Gasteiger partial charge in [0.15, 0.2) is 0 Å². The minimum Gasteiger partial charge on any atom is -0.390 e. The highest BCUT2D eigenvalue weighted by Gasteiger charge is 2.32. The van der Waals surface area contributed by atoms with E-state index in [4.69, 9.17) is 4.74 Å². The van der Waals surface area contributed by atoms with Crippen LogP contribution in [0.1, 0.15) is 35.2 Å². The Balaban J connectivity index is 1.92. The number of nitrogens with zero attached hydrogens (tertiary/aromatic N) is 1. The van der Waals surface area contributed by atoms with Crippen LogP contribution in [0, 0.1) is 5.92 Å². The van der Waals surface area contributed by atoms with Crippen molar-refractivity contribution >= 4 is 11.8 Å². The number of amides is 2. The Labute approximate surface area is 142 Å². The maximum Gasteiger partial charge on any atom is 0.253 e. The molecule has 3 atom stereocenters. The van der Waals surface area contributed by atoms with E-state index in [0.717, 1.165) is 5.56 Å². The minimum absolute atomic E-state index is 0.0340. The molecule has 2 N–H and O–H groups in total. The molecule has 1 saturated carbocycles. The number of methoxy groups -OCH3 is 1. The Morgan fingerprint density at radius 2 is 2.08 bits per heavy atom. The lowest BCUT2D eigenvalue weighted by Crippen LogP contribution is -2.41. The standard InChI is InChI=1S/C18H26N2O4/c1-20(2)18(23)14-6-4-5-12(9-14)11-19-17(22)13-7-8-15(21)16(10-13)24-3/h4-6,9,13,15-16,21H,7-8,10-11H2,1-3H3,(H,19,22)/t13-,15+,16-/m1/s1. The Kier molecular flexibility index (Phi) is 6.34. The highest BCUT2D eigenvalue weighted by Crippen LogP contribution is 2.26. The van der Waals surface area contributed by atoms with Crippen LogP contribution < -0.4 is 5.32 Å². The smallest absolute Gasteiger partial charge is 0.253 e. The fourth-order valence-electron chi connectivity index (χ4n) is 3.01. The molecule has 1 aliphatic carbocycles. The summed E-state index contributed by atoms with van der Waals surface area (Å²) in [7, 11) is 4.97. The molecular weight excluding hydrogens is 308 g/mol. The summed E-state index contributed by atoms with van der Waals surface area (Å²) in [6, 6.07) is 7.26. The van der Waals surface area contributed by atoms with E-state index in [1.807, 2.05) is 12.1 Å². The Morgan fingerprint density at radius 1 is 1.33 bits per heavy atom. The second-order valence-electron chi connectivity index (χ2n) is 6.47. The summed E-state index contributed by atoms with van der Waals surface area (Å²) in [6.45, 7) is 0.379. The molecule has 0 aromatic heterocycles. The molecule has 132 valence electrons. The molecule has 1 aliphatic rings. The molecule has 1 fully saturated rings. The van der Waals surface area contributed by atoms with Crippen molar-refractivity contribution in [1.29, 1.82) is 0 Å². The lowest BCUT2D eigenvalue weighted by molar-refractivity contribution is -0.130. The molecule has 2 amide bonds. The first-order valence-corrected chi connectivity index (χ1v) is 8.21. The molecular formula is C18H26N2O4. The van der Waals surface area contributed by atoms with Gasteiger partial charge in [0.1, 0.15) is 0 Å². The number of nitrogens with one attached hydrogen (secondary N) is 1. The van der Waals surface area contributed by atoms with Crippen molar-refractivity contribution in [2.45, 2.75) is 38.0 Å². The van der Waals surface area contributed by atoms with Crippen molar-refractivity contribution in [3.8, 4) is 0 Å².